The fraction of sp³-hybridized carbons (Fsp3) is 0.533. The number of hydrogen-bond acceptors (Lipinski definition) is 5. The minimum Gasteiger partial charge on any atom is -0.478 e. The highest BCUT2D eigenvalue weighted by Crippen LogP contribution is 2.39. The lowest BCUT2D eigenvalue weighted by atomic mass is 9.77. The summed E-state index contributed by atoms with van der Waals surface area (Å²) in [5.74, 6) is -0.926. The van der Waals surface area contributed by atoms with Gasteiger partial charge in [-0.2, -0.15) is 0 Å². The molecule has 0 saturated carbocycles. The molecule has 0 radical (unpaired) electrons. The van der Waals surface area contributed by atoms with Gasteiger partial charge in [0.1, 0.15) is 0 Å². The maximum Gasteiger partial charge on any atom is 0.491 e. The van der Waals surface area contributed by atoms with Crippen molar-refractivity contribution >= 4 is 30.5 Å². The van der Waals surface area contributed by atoms with Crippen LogP contribution in [-0.2, 0) is 9.31 Å². The van der Waals surface area contributed by atoms with Gasteiger partial charge in [-0.1, -0.05) is 0 Å². The molecule has 22 heavy (non-hydrogen) atoms. The fourth-order valence-electron chi connectivity index (χ4n) is 2.18. The summed E-state index contributed by atoms with van der Waals surface area (Å²) in [6.07, 6.45) is 1.85. The lowest BCUT2D eigenvalue weighted by Crippen LogP contribution is -2.41. The van der Waals surface area contributed by atoms with E-state index < -0.39 is 24.3 Å². The Morgan fingerprint density at radius 3 is 2.45 bits per heavy atom. The van der Waals surface area contributed by atoms with Crippen LogP contribution in [0.25, 0.3) is 6.08 Å². The van der Waals surface area contributed by atoms with E-state index in [-0.39, 0.29) is 0 Å². The van der Waals surface area contributed by atoms with Gasteiger partial charge in [-0.05, 0) is 57.7 Å². The van der Waals surface area contributed by atoms with Crippen LogP contribution >= 0.6 is 11.3 Å². The molecular weight excluding hydrogens is 301 g/mol. The summed E-state index contributed by atoms with van der Waals surface area (Å²) in [4.78, 5) is 12.0. The Morgan fingerprint density at radius 2 is 1.95 bits per heavy atom. The predicted molar refractivity (Wildman–Crippen MR) is 89.3 cm³/mol. The number of thiophene rings is 1. The van der Waals surface area contributed by atoms with Crippen molar-refractivity contribution in [3.63, 3.8) is 0 Å². The Balaban J connectivity index is 2.33. The Kier molecular flexibility index (Phi) is 4.82. The summed E-state index contributed by atoms with van der Waals surface area (Å²) in [5.41, 5.74) is 0.340. The number of hydrogen-bond donors (Lipinski definition) is 2. The normalized spacial score (nSPS) is 20.4. The highest BCUT2D eigenvalue weighted by Gasteiger charge is 2.52. The minimum absolute atomic E-state index is 0.301. The van der Waals surface area contributed by atoms with Crippen molar-refractivity contribution in [2.45, 2.75) is 38.9 Å². The number of carboxylic acid groups (broad SMARTS) is 1. The SMILES string of the molecule is CNCC(=Cc1sccc1C(=O)O)B1OC(C)(C)C(C)(C)O1. The van der Waals surface area contributed by atoms with Crippen molar-refractivity contribution in [2.75, 3.05) is 13.6 Å². The minimum atomic E-state index is -0.926. The molecule has 0 aliphatic carbocycles. The van der Waals surface area contributed by atoms with Crippen LogP contribution in [0.1, 0.15) is 42.9 Å². The van der Waals surface area contributed by atoms with E-state index in [9.17, 15) is 9.90 Å². The number of likely N-dealkylation sites (N-methyl/N-ethyl adjacent to an activating group) is 1. The summed E-state index contributed by atoms with van der Waals surface area (Å²) in [6, 6.07) is 1.61. The van der Waals surface area contributed by atoms with Crippen molar-refractivity contribution in [3.05, 3.63) is 27.4 Å². The van der Waals surface area contributed by atoms with E-state index in [1.807, 2.05) is 40.8 Å². The molecule has 0 bridgehead atoms. The van der Waals surface area contributed by atoms with Gasteiger partial charge in [0.15, 0.2) is 0 Å². The summed E-state index contributed by atoms with van der Waals surface area (Å²) in [5, 5.41) is 14.1. The van der Waals surface area contributed by atoms with Crippen molar-refractivity contribution in [2.24, 2.45) is 0 Å². The number of aromatic carboxylic acids is 1. The predicted octanol–water partition coefficient (Wildman–Crippen LogP) is 2.68. The van der Waals surface area contributed by atoms with Gasteiger partial charge in [0.25, 0.3) is 0 Å². The molecule has 0 spiro atoms. The molecule has 1 fully saturated rings. The average Bonchev–Trinajstić information content (AvgIpc) is 2.92. The Morgan fingerprint density at radius 1 is 1.36 bits per heavy atom. The molecule has 2 heterocycles. The number of nitrogens with one attached hydrogen (secondary N) is 1. The van der Waals surface area contributed by atoms with E-state index in [2.05, 4.69) is 5.32 Å². The summed E-state index contributed by atoms with van der Waals surface area (Å²) < 4.78 is 12.1. The highest BCUT2D eigenvalue weighted by molar-refractivity contribution is 7.11. The van der Waals surface area contributed by atoms with Crippen LogP contribution < -0.4 is 5.32 Å². The van der Waals surface area contributed by atoms with Gasteiger partial charge in [-0.15, -0.1) is 11.3 Å². The van der Waals surface area contributed by atoms with Crippen molar-refractivity contribution < 1.29 is 19.2 Å². The molecule has 5 nitrogen and oxygen atoms in total. The number of rotatable bonds is 5. The van der Waals surface area contributed by atoms with Gasteiger partial charge >= 0.3 is 13.1 Å². The van der Waals surface area contributed by atoms with Gasteiger partial charge in [0, 0.05) is 11.4 Å². The second-order valence-electron chi connectivity index (χ2n) is 6.34. The van der Waals surface area contributed by atoms with Crippen LogP contribution in [0.5, 0.6) is 0 Å². The zero-order chi connectivity index (χ0) is 16.5. The Labute approximate surface area is 135 Å². The molecule has 0 amide bonds. The first-order valence-electron chi connectivity index (χ1n) is 7.19. The lowest BCUT2D eigenvalue weighted by molar-refractivity contribution is 0.00578. The molecule has 0 aromatic carbocycles. The first-order chi connectivity index (χ1) is 10.2. The quantitative estimate of drug-likeness (QED) is 0.816. The van der Waals surface area contributed by atoms with Gasteiger partial charge in [0.2, 0.25) is 0 Å². The lowest BCUT2D eigenvalue weighted by Gasteiger charge is -2.32. The summed E-state index contributed by atoms with van der Waals surface area (Å²) in [7, 11) is 1.35. The second kappa shape index (κ2) is 6.16. The molecule has 1 saturated heterocycles. The van der Waals surface area contributed by atoms with E-state index in [1.54, 1.807) is 11.4 Å². The molecule has 7 heteroatoms. The third-order valence-electron chi connectivity index (χ3n) is 4.18. The van der Waals surface area contributed by atoms with E-state index >= 15 is 0 Å². The molecule has 1 aliphatic heterocycles. The molecule has 1 aromatic heterocycles. The molecule has 2 rings (SSSR count). The van der Waals surface area contributed by atoms with Gasteiger partial charge in [-0.25, -0.2) is 4.79 Å². The van der Waals surface area contributed by atoms with E-state index in [0.717, 1.165) is 5.47 Å². The molecule has 120 valence electrons. The largest absolute Gasteiger partial charge is 0.491 e. The van der Waals surface area contributed by atoms with Crippen LogP contribution in [0.15, 0.2) is 16.9 Å². The summed E-state index contributed by atoms with van der Waals surface area (Å²) >= 11 is 1.39. The molecule has 2 N–H and O–H groups in total. The number of carbonyl (C=O) groups is 1. The highest BCUT2D eigenvalue weighted by atomic mass is 32.1. The second-order valence-corrected chi connectivity index (χ2v) is 7.29. The van der Waals surface area contributed by atoms with Crippen molar-refractivity contribution in [3.8, 4) is 0 Å². The van der Waals surface area contributed by atoms with E-state index in [0.29, 0.717) is 17.0 Å². The van der Waals surface area contributed by atoms with Crippen LogP contribution in [0.4, 0.5) is 0 Å². The molecule has 0 atom stereocenters. The van der Waals surface area contributed by atoms with Crippen LogP contribution in [0.2, 0.25) is 0 Å². The van der Waals surface area contributed by atoms with Crippen molar-refractivity contribution in [1.82, 2.24) is 5.32 Å². The Bertz CT molecular complexity index is 578. The smallest absolute Gasteiger partial charge is 0.478 e. The van der Waals surface area contributed by atoms with Crippen molar-refractivity contribution in [1.29, 1.82) is 0 Å². The fourth-order valence-corrected chi connectivity index (χ4v) is 3.03. The standard InChI is InChI=1S/C15H22BNO4S/c1-14(2)15(3,4)21-16(20-14)10(9-17-5)8-12-11(13(18)19)6-7-22-12/h6-8,17H,9H2,1-5H3,(H,18,19). The van der Waals surface area contributed by atoms with E-state index in [4.69, 9.17) is 9.31 Å². The zero-order valence-corrected chi connectivity index (χ0v) is 14.4. The van der Waals surface area contributed by atoms with Crippen LogP contribution in [0, 0.1) is 0 Å². The van der Waals surface area contributed by atoms with Gasteiger partial charge < -0.3 is 19.7 Å². The van der Waals surface area contributed by atoms with Crippen LogP contribution in [-0.4, -0.2) is 43.0 Å². The first-order valence-corrected chi connectivity index (χ1v) is 8.07. The molecule has 0 unspecified atom stereocenters. The maximum absolute atomic E-state index is 11.2. The van der Waals surface area contributed by atoms with Gasteiger partial charge in [0.05, 0.1) is 16.8 Å². The Hall–Kier alpha value is -1.15. The third kappa shape index (κ3) is 3.27. The molecular formula is C15H22BNO4S. The van der Waals surface area contributed by atoms with Gasteiger partial charge in [-0.3, -0.25) is 0 Å². The first kappa shape index (κ1) is 17.2. The number of carboxylic acids is 1. The summed E-state index contributed by atoms with van der Waals surface area (Å²) in [6.45, 7) is 8.55. The van der Waals surface area contributed by atoms with Crippen LogP contribution in [0.3, 0.4) is 0 Å². The topological polar surface area (TPSA) is 67.8 Å². The third-order valence-corrected chi connectivity index (χ3v) is 5.04. The molecule has 1 aliphatic rings. The zero-order valence-electron chi connectivity index (χ0n) is 13.6. The monoisotopic (exact) mass is 323 g/mol. The average molecular weight is 323 g/mol. The van der Waals surface area contributed by atoms with E-state index in [1.165, 1.54) is 11.3 Å². The molecule has 1 aromatic rings. The maximum atomic E-state index is 11.2.